The summed E-state index contributed by atoms with van der Waals surface area (Å²) >= 11 is 0. The van der Waals surface area contributed by atoms with Crippen molar-refractivity contribution >= 4 is 11.8 Å². The third-order valence-electron chi connectivity index (χ3n) is 1.64. The lowest BCUT2D eigenvalue weighted by atomic mass is 10.3. The van der Waals surface area contributed by atoms with Crippen LogP contribution >= 0.6 is 0 Å². The number of nitrogens with zero attached hydrogens (tertiary/aromatic N) is 2. The highest BCUT2D eigenvalue weighted by molar-refractivity contribution is 5.84. The average molecular weight is 181 g/mol. The van der Waals surface area contributed by atoms with Gasteiger partial charge in [-0.1, -0.05) is 0 Å². The maximum atomic E-state index is 11.3. The molecular formula is C8H11N3O2. The second-order valence-corrected chi connectivity index (χ2v) is 2.54. The Morgan fingerprint density at radius 2 is 2.23 bits per heavy atom. The van der Waals surface area contributed by atoms with Gasteiger partial charge in [0.15, 0.2) is 0 Å². The van der Waals surface area contributed by atoms with E-state index in [-0.39, 0.29) is 24.7 Å². The number of aromatic nitrogens is 2. The summed E-state index contributed by atoms with van der Waals surface area (Å²) in [4.78, 5) is 25.8. The van der Waals surface area contributed by atoms with Crippen LogP contribution in [0.5, 0.6) is 0 Å². The van der Waals surface area contributed by atoms with Gasteiger partial charge in [0.25, 0.3) is 0 Å². The minimum absolute atomic E-state index is 0.124. The molecule has 0 saturated heterocycles. The lowest BCUT2D eigenvalue weighted by Gasteiger charge is -1.99. The van der Waals surface area contributed by atoms with Crippen molar-refractivity contribution in [3.8, 4) is 0 Å². The highest BCUT2D eigenvalue weighted by Crippen LogP contribution is 1.95. The molecule has 0 radical (unpaired) electrons. The number of imidazole rings is 1. The van der Waals surface area contributed by atoms with E-state index >= 15 is 0 Å². The van der Waals surface area contributed by atoms with E-state index in [0.29, 0.717) is 0 Å². The second-order valence-electron chi connectivity index (χ2n) is 2.54. The molecule has 70 valence electrons. The van der Waals surface area contributed by atoms with Crippen LogP contribution in [0, 0.1) is 0 Å². The van der Waals surface area contributed by atoms with Crippen molar-refractivity contribution in [3.05, 3.63) is 18.7 Å². The Kier molecular flexibility index (Phi) is 3.19. The van der Waals surface area contributed by atoms with Gasteiger partial charge in [0.2, 0.25) is 11.8 Å². The first-order chi connectivity index (χ1) is 6.24. The van der Waals surface area contributed by atoms with Crippen LogP contribution in [0.3, 0.4) is 0 Å². The van der Waals surface area contributed by atoms with Gasteiger partial charge in [0.05, 0.1) is 0 Å². The Balaban J connectivity index is 2.39. The van der Waals surface area contributed by atoms with Crippen LogP contribution in [0.25, 0.3) is 0 Å². The van der Waals surface area contributed by atoms with E-state index in [0.717, 1.165) is 0 Å². The summed E-state index contributed by atoms with van der Waals surface area (Å²) in [5, 5.41) is 2.45. The number of carbonyl (C=O) groups is 2. The molecule has 1 amide bonds. The fraction of sp³-hybridized carbons (Fsp3) is 0.375. The van der Waals surface area contributed by atoms with Gasteiger partial charge in [-0.25, -0.2) is 4.98 Å². The first-order valence-corrected chi connectivity index (χ1v) is 3.96. The number of amides is 1. The minimum atomic E-state index is -0.131. The molecule has 1 aromatic heterocycles. The first-order valence-electron chi connectivity index (χ1n) is 3.96. The van der Waals surface area contributed by atoms with Gasteiger partial charge in [0, 0.05) is 32.3 Å². The van der Waals surface area contributed by atoms with Crippen LogP contribution in [0.15, 0.2) is 18.7 Å². The molecule has 0 aromatic carbocycles. The molecule has 5 nitrogen and oxygen atoms in total. The largest absolute Gasteiger partial charge is 0.359 e. The maximum absolute atomic E-state index is 11.3. The average Bonchev–Trinajstić information content (AvgIpc) is 2.66. The number of nitrogens with one attached hydrogen (secondary N) is 1. The monoisotopic (exact) mass is 181 g/mol. The van der Waals surface area contributed by atoms with Gasteiger partial charge >= 0.3 is 0 Å². The van der Waals surface area contributed by atoms with Crippen LogP contribution in [-0.4, -0.2) is 28.4 Å². The highest BCUT2D eigenvalue weighted by Gasteiger charge is 2.06. The van der Waals surface area contributed by atoms with E-state index in [2.05, 4.69) is 10.3 Å². The molecule has 0 spiro atoms. The van der Waals surface area contributed by atoms with Gasteiger partial charge < -0.3 is 5.32 Å². The topological polar surface area (TPSA) is 64.0 Å². The number of carbonyl (C=O) groups excluding carboxylic acids is 2. The van der Waals surface area contributed by atoms with Crippen LogP contribution in [0.2, 0.25) is 0 Å². The quantitative estimate of drug-likeness (QED) is 0.716. The summed E-state index contributed by atoms with van der Waals surface area (Å²) in [7, 11) is 1.55. The van der Waals surface area contributed by atoms with Crippen LogP contribution in [0.1, 0.15) is 17.6 Å². The predicted octanol–water partition coefficient (Wildman–Crippen LogP) is 0.0495. The van der Waals surface area contributed by atoms with Crippen molar-refractivity contribution in [2.45, 2.75) is 12.8 Å². The number of hydrogen-bond acceptors (Lipinski definition) is 3. The maximum Gasteiger partial charge on any atom is 0.232 e. The normalized spacial score (nSPS) is 9.62. The van der Waals surface area contributed by atoms with Crippen molar-refractivity contribution in [2.24, 2.45) is 0 Å². The van der Waals surface area contributed by atoms with E-state index in [4.69, 9.17) is 0 Å². The third-order valence-corrected chi connectivity index (χ3v) is 1.64. The van der Waals surface area contributed by atoms with Crippen LogP contribution < -0.4 is 5.32 Å². The molecule has 1 N–H and O–H groups in total. The summed E-state index contributed by atoms with van der Waals surface area (Å²) in [6, 6.07) is 0. The summed E-state index contributed by atoms with van der Waals surface area (Å²) in [5.41, 5.74) is 0. The number of rotatable bonds is 3. The molecule has 0 aliphatic carbocycles. The minimum Gasteiger partial charge on any atom is -0.359 e. The Hall–Kier alpha value is -1.65. The van der Waals surface area contributed by atoms with Crippen molar-refractivity contribution in [1.82, 2.24) is 14.9 Å². The summed E-state index contributed by atoms with van der Waals surface area (Å²) in [6.07, 6.45) is 4.93. The third kappa shape index (κ3) is 2.70. The van der Waals surface area contributed by atoms with Crippen molar-refractivity contribution in [3.63, 3.8) is 0 Å². The molecule has 0 aliphatic rings. The second kappa shape index (κ2) is 4.39. The van der Waals surface area contributed by atoms with Crippen LogP contribution in [-0.2, 0) is 4.79 Å². The Bertz CT molecular complexity index is 292. The fourth-order valence-corrected chi connectivity index (χ4v) is 0.881. The standard InChI is InChI=1S/C8H11N3O2/c1-9-7(12)2-3-8(13)11-5-4-10-6-11/h4-6H,2-3H2,1H3,(H,9,12). The molecule has 0 unspecified atom stereocenters. The molecule has 0 fully saturated rings. The summed E-state index contributed by atoms with van der Waals surface area (Å²) in [5.74, 6) is -0.255. The lowest BCUT2D eigenvalue weighted by Crippen LogP contribution is -2.19. The van der Waals surface area contributed by atoms with Crippen molar-refractivity contribution < 1.29 is 9.59 Å². The molecule has 5 heteroatoms. The Morgan fingerprint density at radius 3 is 2.77 bits per heavy atom. The van der Waals surface area contributed by atoms with Gasteiger partial charge in [0.1, 0.15) is 6.33 Å². The van der Waals surface area contributed by atoms with Crippen molar-refractivity contribution in [1.29, 1.82) is 0 Å². The molecule has 13 heavy (non-hydrogen) atoms. The molecule has 1 aromatic rings. The molecule has 0 bridgehead atoms. The zero-order chi connectivity index (χ0) is 9.68. The molecule has 0 aliphatic heterocycles. The molecule has 0 atom stereocenters. The zero-order valence-electron chi connectivity index (χ0n) is 7.36. The van der Waals surface area contributed by atoms with E-state index < -0.39 is 0 Å². The van der Waals surface area contributed by atoms with Gasteiger partial charge in [-0.3, -0.25) is 14.2 Å². The Labute approximate surface area is 75.8 Å². The molecule has 1 rings (SSSR count). The smallest absolute Gasteiger partial charge is 0.232 e. The SMILES string of the molecule is CNC(=O)CCC(=O)n1ccnc1. The molecule has 0 saturated carbocycles. The van der Waals surface area contributed by atoms with E-state index in [1.165, 1.54) is 17.1 Å². The Morgan fingerprint density at radius 1 is 1.46 bits per heavy atom. The fourth-order valence-electron chi connectivity index (χ4n) is 0.881. The highest BCUT2D eigenvalue weighted by atomic mass is 16.2. The molecule has 1 heterocycles. The van der Waals surface area contributed by atoms with E-state index in [1.807, 2.05) is 0 Å². The summed E-state index contributed by atoms with van der Waals surface area (Å²) < 4.78 is 1.36. The van der Waals surface area contributed by atoms with E-state index in [9.17, 15) is 9.59 Å². The van der Waals surface area contributed by atoms with Gasteiger partial charge in [-0.15, -0.1) is 0 Å². The molecular weight excluding hydrogens is 170 g/mol. The predicted molar refractivity (Wildman–Crippen MR) is 46.2 cm³/mol. The van der Waals surface area contributed by atoms with E-state index in [1.54, 1.807) is 13.2 Å². The lowest BCUT2D eigenvalue weighted by molar-refractivity contribution is -0.120. The number of hydrogen-bond donors (Lipinski definition) is 1. The van der Waals surface area contributed by atoms with Crippen molar-refractivity contribution in [2.75, 3.05) is 7.05 Å². The summed E-state index contributed by atoms with van der Waals surface area (Å²) in [6.45, 7) is 0. The zero-order valence-corrected chi connectivity index (χ0v) is 7.36. The first kappa shape index (κ1) is 9.44. The van der Waals surface area contributed by atoms with Gasteiger partial charge in [-0.2, -0.15) is 0 Å². The van der Waals surface area contributed by atoms with Crippen LogP contribution in [0.4, 0.5) is 0 Å². The van der Waals surface area contributed by atoms with Gasteiger partial charge in [-0.05, 0) is 0 Å².